The number of rotatable bonds is 8. The minimum Gasteiger partial charge on any atom is -0.465 e. The number of benzene rings is 2. The summed E-state index contributed by atoms with van der Waals surface area (Å²) in [6, 6.07) is 12.8. The van der Waals surface area contributed by atoms with Crippen LogP contribution >= 0.6 is 0 Å². The Morgan fingerprint density at radius 3 is 2.69 bits per heavy atom. The molecule has 0 spiro atoms. The summed E-state index contributed by atoms with van der Waals surface area (Å²) in [4.78, 5) is 22.1. The summed E-state index contributed by atoms with van der Waals surface area (Å²) in [5, 5.41) is 0. The van der Waals surface area contributed by atoms with E-state index in [9.17, 15) is 4.79 Å². The number of esters is 1. The molecule has 0 aliphatic heterocycles. The number of aryl methyl sites for hydroxylation is 2. The lowest BCUT2D eigenvalue weighted by Gasteiger charge is -2.10. The van der Waals surface area contributed by atoms with E-state index in [-0.39, 0.29) is 12.5 Å². The van der Waals surface area contributed by atoms with Crippen molar-refractivity contribution in [3.05, 3.63) is 59.2 Å². The molecule has 1 fully saturated rings. The number of carbonyl (C=O) groups is 1. The third-order valence-corrected chi connectivity index (χ3v) is 6.25. The van der Waals surface area contributed by atoms with E-state index in [4.69, 9.17) is 14.7 Å². The van der Waals surface area contributed by atoms with E-state index < -0.39 is 0 Å². The average Bonchev–Trinajstić information content (AvgIpc) is 3.48. The Morgan fingerprint density at radius 1 is 1.09 bits per heavy atom. The first-order valence-electron chi connectivity index (χ1n) is 11.7. The number of imidazole rings is 2. The zero-order valence-electron chi connectivity index (χ0n) is 19.1. The normalized spacial score (nSPS) is 13.8. The van der Waals surface area contributed by atoms with Crippen LogP contribution in [0.3, 0.4) is 0 Å². The van der Waals surface area contributed by atoms with E-state index in [0.717, 1.165) is 60.4 Å². The second-order valence-electron chi connectivity index (χ2n) is 8.77. The molecule has 5 rings (SSSR count). The predicted molar refractivity (Wildman–Crippen MR) is 126 cm³/mol. The highest BCUT2D eigenvalue weighted by molar-refractivity contribution is 5.81. The largest absolute Gasteiger partial charge is 0.465 e. The van der Waals surface area contributed by atoms with E-state index in [0.29, 0.717) is 12.5 Å². The predicted octanol–water partition coefficient (Wildman–Crippen LogP) is 5.14. The molecule has 166 valence electrons. The van der Waals surface area contributed by atoms with Crippen LogP contribution in [0, 0.1) is 6.92 Å². The molecule has 4 aromatic rings. The summed E-state index contributed by atoms with van der Waals surface area (Å²) >= 11 is 0. The van der Waals surface area contributed by atoms with Gasteiger partial charge in [-0.2, -0.15) is 0 Å². The summed E-state index contributed by atoms with van der Waals surface area (Å²) in [5.41, 5.74) is 6.63. The summed E-state index contributed by atoms with van der Waals surface area (Å²) in [7, 11) is 0. The quantitative estimate of drug-likeness (QED) is 0.363. The molecule has 6 nitrogen and oxygen atoms in total. The van der Waals surface area contributed by atoms with Crippen LogP contribution < -0.4 is 0 Å². The van der Waals surface area contributed by atoms with Gasteiger partial charge in [0.15, 0.2) is 0 Å². The molecule has 0 saturated heterocycles. The van der Waals surface area contributed by atoms with Crippen LogP contribution in [0.2, 0.25) is 0 Å². The van der Waals surface area contributed by atoms with Crippen molar-refractivity contribution >= 4 is 28.0 Å². The van der Waals surface area contributed by atoms with Gasteiger partial charge in [0.1, 0.15) is 18.2 Å². The summed E-state index contributed by atoms with van der Waals surface area (Å²) < 4.78 is 9.59. The molecule has 1 aliphatic rings. The molecule has 6 heteroatoms. The van der Waals surface area contributed by atoms with Crippen LogP contribution in [0.5, 0.6) is 0 Å². The Kier molecular flexibility index (Phi) is 5.45. The van der Waals surface area contributed by atoms with Crippen molar-refractivity contribution in [2.24, 2.45) is 0 Å². The molecule has 2 aromatic heterocycles. The van der Waals surface area contributed by atoms with Crippen LogP contribution in [0.25, 0.3) is 22.1 Å². The van der Waals surface area contributed by atoms with E-state index in [1.165, 1.54) is 16.6 Å². The first-order valence-corrected chi connectivity index (χ1v) is 11.7. The molecule has 0 amide bonds. The number of fused-ring (bicyclic) bond motifs is 2. The van der Waals surface area contributed by atoms with Gasteiger partial charge in [0.2, 0.25) is 0 Å². The maximum atomic E-state index is 12.2. The molecule has 32 heavy (non-hydrogen) atoms. The molecule has 0 bridgehead atoms. The first kappa shape index (κ1) is 20.7. The number of aromatic nitrogens is 4. The summed E-state index contributed by atoms with van der Waals surface area (Å²) in [6.45, 7) is 7.53. The molecule has 1 aliphatic carbocycles. The molecular weight excluding hydrogens is 400 g/mol. The fourth-order valence-electron chi connectivity index (χ4n) is 4.56. The van der Waals surface area contributed by atoms with E-state index in [1.807, 2.05) is 11.5 Å². The van der Waals surface area contributed by atoms with E-state index in [1.54, 1.807) is 0 Å². The Hall–Kier alpha value is -3.15. The van der Waals surface area contributed by atoms with Gasteiger partial charge in [-0.25, -0.2) is 9.97 Å². The van der Waals surface area contributed by atoms with Crippen molar-refractivity contribution in [2.75, 3.05) is 6.61 Å². The fraction of sp³-hybridized carbons (Fsp3) is 0.423. The number of hydrogen-bond acceptors (Lipinski definition) is 4. The van der Waals surface area contributed by atoms with Gasteiger partial charge >= 0.3 is 5.97 Å². The zero-order chi connectivity index (χ0) is 22.2. The van der Waals surface area contributed by atoms with Gasteiger partial charge in [0, 0.05) is 18.9 Å². The second kappa shape index (κ2) is 8.41. The van der Waals surface area contributed by atoms with Gasteiger partial charge < -0.3 is 13.9 Å². The Morgan fingerprint density at radius 2 is 1.94 bits per heavy atom. The Labute approximate surface area is 188 Å². The van der Waals surface area contributed by atoms with Gasteiger partial charge in [0.05, 0.1) is 28.7 Å². The Bertz CT molecular complexity index is 1300. The van der Waals surface area contributed by atoms with Crippen molar-refractivity contribution in [1.82, 2.24) is 19.1 Å². The maximum Gasteiger partial charge on any atom is 0.326 e. The van der Waals surface area contributed by atoms with Crippen molar-refractivity contribution in [1.29, 1.82) is 0 Å². The van der Waals surface area contributed by atoms with Crippen LogP contribution in [0.15, 0.2) is 36.4 Å². The van der Waals surface area contributed by atoms with Crippen LogP contribution in [-0.2, 0) is 29.0 Å². The van der Waals surface area contributed by atoms with Crippen LogP contribution in [0.1, 0.15) is 61.8 Å². The third kappa shape index (κ3) is 3.78. The smallest absolute Gasteiger partial charge is 0.326 e. The number of carbonyl (C=O) groups excluding carboxylic acids is 1. The Balaban J connectivity index is 1.53. The van der Waals surface area contributed by atoms with Gasteiger partial charge in [0.25, 0.3) is 0 Å². The van der Waals surface area contributed by atoms with Crippen molar-refractivity contribution in [3.8, 4) is 0 Å². The molecule has 0 unspecified atom stereocenters. The molecule has 2 heterocycles. The van der Waals surface area contributed by atoms with Gasteiger partial charge in [-0.3, -0.25) is 4.79 Å². The molecule has 0 N–H and O–H groups in total. The summed E-state index contributed by atoms with van der Waals surface area (Å²) in [5.74, 6) is 2.39. The van der Waals surface area contributed by atoms with Gasteiger partial charge in [-0.15, -0.1) is 0 Å². The lowest BCUT2D eigenvalue weighted by Crippen LogP contribution is -2.15. The average molecular weight is 431 g/mol. The number of para-hydroxylation sites is 1. The molecular formula is C26H30N4O2. The molecule has 2 aromatic carbocycles. The first-order chi connectivity index (χ1) is 15.6. The monoisotopic (exact) mass is 430 g/mol. The highest BCUT2D eigenvalue weighted by Crippen LogP contribution is 2.40. The molecule has 0 atom stereocenters. The van der Waals surface area contributed by atoms with Crippen molar-refractivity contribution in [2.45, 2.75) is 65.5 Å². The van der Waals surface area contributed by atoms with Crippen LogP contribution in [-0.4, -0.2) is 31.7 Å². The second-order valence-corrected chi connectivity index (χ2v) is 8.77. The SMILES string of the molecule is CCCc1nc2c(C)cccc2n1Cc1ccc2c(c1)nc(C1CC1)n2CC(=O)OCC. The third-order valence-electron chi connectivity index (χ3n) is 6.25. The minimum atomic E-state index is -0.206. The van der Waals surface area contributed by atoms with Gasteiger partial charge in [-0.1, -0.05) is 25.1 Å². The molecule has 1 saturated carbocycles. The van der Waals surface area contributed by atoms with E-state index >= 15 is 0 Å². The fourth-order valence-corrected chi connectivity index (χ4v) is 4.56. The number of hydrogen-bond donors (Lipinski definition) is 0. The summed E-state index contributed by atoms with van der Waals surface area (Å²) in [6.07, 6.45) is 4.29. The zero-order valence-corrected chi connectivity index (χ0v) is 19.1. The standard InChI is InChI=1S/C26H30N4O2/c1-4-7-23-28-25-17(3)8-6-9-22(25)29(23)15-18-10-13-21-20(14-18)27-26(19-11-12-19)30(21)16-24(31)32-5-2/h6,8-10,13-14,19H,4-5,7,11-12,15-16H2,1-3H3. The maximum absolute atomic E-state index is 12.2. The van der Waals surface area contributed by atoms with Gasteiger partial charge in [-0.05, 0) is 62.4 Å². The highest BCUT2D eigenvalue weighted by Gasteiger charge is 2.30. The topological polar surface area (TPSA) is 61.9 Å². The highest BCUT2D eigenvalue weighted by atomic mass is 16.5. The van der Waals surface area contributed by atoms with E-state index in [2.05, 4.69) is 54.8 Å². The van der Waals surface area contributed by atoms with Crippen molar-refractivity contribution in [3.63, 3.8) is 0 Å². The number of ether oxygens (including phenoxy) is 1. The minimum absolute atomic E-state index is 0.206. The molecule has 0 radical (unpaired) electrons. The lowest BCUT2D eigenvalue weighted by atomic mass is 10.1. The number of nitrogens with zero attached hydrogens (tertiary/aromatic N) is 4. The van der Waals surface area contributed by atoms with Crippen LogP contribution in [0.4, 0.5) is 0 Å². The lowest BCUT2D eigenvalue weighted by molar-refractivity contribution is -0.143. The van der Waals surface area contributed by atoms with Crippen molar-refractivity contribution < 1.29 is 9.53 Å².